The Morgan fingerprint density at radius 3 is 2.61 bits per heavy atom. The standard InChI is InChI=1S/C15H30N2O/c1-2-17-10-5-6-14(7-11-17)16-12-15(13-18)8-3-4-9-15/h14,16,18H,2-13H2,1H3. The third-order valence-electron chi connectivity index (χ3n) is 5.03. The summed E-state index contributed by atoms with van der Waals surface area (Å²) in [6.45, 7) is 7.34. The zero-order valence-corrected chi connectivity index (χ0v) is 12.0. The molecule has 1 saturated carbocycles. The molecule has 0 aromatic carbocycles. The summed E-state index contributed by atoms with van der Waals surface area (Å²) in [6.07, 6.45) is 8.92. The Hall–Kier alpha value is -0.120. The number of hydrogen-bond donors (Lipinski definition) is 2. The van der Waals surface area contributed by atoms with Gasteiger partial charge < -0.3 is 15.3 Å². The van der Waals surface area contributed by atoms with Crippen molar-refractivity contribution in [1.29, 1.82) is 0 Å². The van der Waals surface area contributed by atoms with Crippen LogP contribution < -0.4 is 5.32 Å². The third kappa shape index (κ3) is 3.69. The highest BCUT2D eigenvalue weighted by atomic mass is 16.3. The predicted molar refractivity (Wildman–Crippen MR) is 75.7 cm³/mol. The Morgan fingerprint density at radius 1 is 1.17 bits per heavy atom. The van der Waals surface area contributed by atoms with Gasteiger partial charge in [-0.1, -0.05) is 19.8 Å². The molecule has 1 unspecified atom stereocenters. The van der Waals surface area contributed by atoms with E-state index in [1.807, 2.05) is 0 Å². The summed E-state index contributed by atoms with van der Waals surface area (Å²) in [4.78, 5) is 2.55. The molecule has 0 aromatic rings. The molecule has 18 heavy (non-hydrogen) atoms. The Balaban J connectivity index is 1.75. The van der Waals surface area contributed by atoms with Crippen molar-refractivity contribution in [3.8, 4) is 0 Å². The van der Waals surface area contributed by atoms with E-state index in [9.17, 15) is 5.11 Å². The number of nitrogens with one attached hydrogen (secondary N) is 1. The normalized spacial score (nSPS) is 29.3. The van der Waals surface area contributed by atoms with Gasteiger partial charge in [-0.3, -0.25) is 0 Å². The number of aliphatic hydroxyl groups is 1. The highest BCUT2D eigenvalue weighted by molar-refractivity contribution is 4.87. The Labute approximate surface area is 112 Å². The van der Waals surface area contributed by atoms with E-state index in [2.05, 4.69) is 17.1 Å². The molecule has 1 heterocycles. The molecule has 3 nitrogen and oxygen atoms in total. The topological polar surface area (TPSA) is 35.5 Å². The Bertz CT molecular complexity index is 239. The minimum Gasteiger partial charge on any atom is -0.396 e. The van der Waals surface area contributed by atoms with Crippen molar-refractivity contribution in [2.45, 2.75) is 57.9 Å². The second-order valence-electron chi connectivity index (χ2n) is 6.31. The van der Waals surface area contributed by atoms with Crippen LogP contribution in [0.1, 0.15) is 51.9 Å². The summed E-state index contributed by atoms with van der Waals surface area (Å²) < 4.78 is 0. The van der Waals surface area contributed by atoms with Gasteiger partial charge in [-0.2, -0.15) is 0 Å². The van der Waals surface area contributed by atoms with Crippen molar-refractivity contribution in [2.24, 2.45) is 5.41 Å². The van der Waals surface area contributed by atoms with Gasteiger partial charge in [0.1, 0.15) is 0 Å². The van der Waals surface area contributed by atoms with Gasteiger partial charge in [0.25, 0.3) is 0 Å². The summed E-state index contributed by atoms with van der Waals surface area (Å²) in [5.41, 5.74) is 0.205. The molecule has 0 amide bonds. The molecular formula is C15H30N2O. The molecule has 1 saturated heterocycles. The molecule has 0 aromatic heterocycles. The highest BCUT2D eigenvalue weighted by Gasteiger charge is 2.33. The maximum atomic E-state index is 9.63. The van der Waals surface area contributed by atoms with E-state index in [-0.39, 0.29) is 5.41 Å². The number of aliphatic hydroxyl groups excluding tert-OH is 1. The number of hydrogen-bond acceptors (Lipinski definition) is 3. The van der Waals surface area contributed by atoms with Crippen LogP contribution in [0.5, 0.6) is 0 Å². The molecule has 0 radical (unpaired) electrons. The van der Waals surface area contributed by atoms with Gasteiger partial charge in [-0.05, 0) is 51.7 Å². The monoisotopic (exact) mass is 254 g/mol. The second kappa shape index (κ2) is 6.88. The fraction of sp³-hybridized carbons (Fsp3) is 1.00. The third-order valence-corrected chi connectivity index (χ3v) is 5.03. The van der Waals surface area contributed by atoms with Crippen LogP contribution in [0, 0.1) is 5.41 Å². The molecule has 2 aliphatic rings. The lowest BCUT2D eigenvalue weighted by atomic mass is 9.87. The summed E-state index contributed by atoms with van der Waals surface area (Å²) in [7, 11) is 0. The van der Waals surface area contributed by atoms with E-state index in [4.69, 9.17) is 0 Å². The Morgan fingerprint density at radius 2 is 1.94 bits per heavy atom. The molecule has 2 N–H and O–H groups in total. The van der Waals surface area contributed by atoms with Crippen LogP contribution in [0.4, 0.5) is 0 Å². The van der Waals surface area contributed by atoms with Crippen LogP contribution in [-0.4, -0.2) is 48.8 Å². The molecule has 106 valence electrons. The maximum Gasteiger partial charge on any atom is 0.0499 e. The van der Waals surface area contributed by atoms with E-state index in [0.717, 1.165) is 6.54 Å². The van der Waals surface area contributed by atoms with Crippen molar-refractivity contribution in [3.05, 3.63) is 0 Å². The summed E-state index contributed by atoms with van der Waals surface area (Å²) in [5, 5.41) is 13.4. The summed E-state index contributed by atoms with van der Waals surface area (Å²) >= 11 is 0. The van der Waals surface area contributed by atoms with Crippen LogP contribution >= 0.6 is 0 Å². The first-order valence-electron chi connectivity index (χ1n) is 7.84. The maximum absolute atomic E-state index is 9.63. The first kappa shape index (κ1) is 14.3. The fourth-order valence-corrected chi connectivity index (χ4v) is 3.55. The zero-order chi connectivity index (χ0) is 12.8. The van der Waals surface area contributed by atoms with E-state index < -0.39 is 0 Å². The van der Waals surface area contributed by atoms with E-state index in [1.54, 1.807) is 0 Å². The lowest BCUT2D eigenvalue weighted by Gasteiger charge is -2.29. The van der Waals surface area contributed by atoms with Crippen molar-refractivity contribution >= 4 is 0 Å². The van der Waals surface area contributed by atoms with Gasteiger partial charge in [-0.25, -0.2) is 0 Å². The molecular weight excluding hydrogens is 224 g/mol. The van der Waals surface area contributed by atoms with Crippen molar-refractivity contribution in [3.63, 3.8) is 0 Å². The minimum atomic E-state index is 0.205. The molecule has 2 rings (SSSR count). The van der Waals surface area contributed by atoms with Crippen LogP contribution in [-0.2, 0) is 0 Å². The second-order valence-corrected chi connectivity index (χ2v) is 6.31. The predicted octanol–water partition coefficient (Wildman–Crippen LogP) is 2.00. The smallest absolute Gasteiger partial charge is 0.0499 e. The quantitative estimate of drug-likeness (QED) is 0.788. The van der Waals surface area contributed by atoms with Gasteiger partial charge >= 0.3 is 0 Å². The molecule has 0 spiro atoms. The SMILES string of the molecule is CCN1CCCC(NCC2(CO)CCCC2)CC1. The lowest BCUT2D eigenvalue weighted by molar-refractivity contribution is 0.123. The van der Waals surface area contributed by atoms with E-state index >= 15 is 0 Å². The highest BCUT2D eigenvalue weighted by Crippen LogP contribution is 2.37. The average Bonchev–Trinajstić information content (AvgIpc) is 2.76. The largest absolute Gasteiger partial charge is 0.396 e. The van der Waals surface area contributed by atoms with E-state index in [1.165, 1.54) is 64.6 Å². The van der Waals surface area contributed by atoms with Crippen LogP contribution in [0.25, 0.3) is 0 Å². The molecule has 1 aliphatic heterocycles. The molecule has 1 aliphatic carbocycles. The number of nitrogens with zero attached hydrogens (tertiary/aromatic N) is 1. The first-order valence-corrected chi connectivity index (χ1v) is 7.84. The number of rotatable bonds is 5. The lowest BCUT2D eigenvalue weighted by Crippen LogP contribution is -2.41. The van der Waals surface area contributed by atoms with Crippen molar-refractivity contribution < 1.29 is 5.11 Å². The molecule has 3 heteroatoms. The minimum absolute atomic E-state index is 0.205. The Kier molecular flexibility index (Phi) is 5.46. The van der Waals surface area contributed by atoms with Crippen molar-refractivity contribution in [1.82, 2.24) is 10.2 Å². The number of likely N-dealkylation sites (tertiary alicyclic amines) is 1. The molecule has 2 fully saturated rings. The van der Waals surface area contributed by atoms with Gasteiger partial charge in [-0.15, -0.1) is 0 Å². The summed E-state index contributed by atoms with van der Waals surface area (Å²) in [5.74, 6) is 0. The van der Waals surface area contributed by atoms with Gasteiger partial charge in [0.05, 0.1) is 0 Å². The van der Waals surface area contributed by atoms with Crippen LogP contribution in [0.3, 0.4) is 0 Å². The molecule has 0 bridgehead atoms. The first-order chi connectivity index (χ1) is 8.78. The summed E-state index contributed by atoms with van der Waals surface area (Å²) in [6, 6.07) is 0.672. The average molecular weight is 254 g/mol. The van der Waals surface area contributed by atoms with E-state index in [0.29, 0.717) is 12.6 Å². The van der Waals surface area contributed by atoms with Crippen LogP contribution in [0.2, 0.25) is 0 Å². The molecule has 1 atom stereocenters. The zero-order valence-electron chi connectivity index (χ0n) is 12.0. The fourth-order valence-electron chi connectivity index (χ4n) is 3.55. The van der Waals surface area contributed by atoms with Gasteiger partial charge in [0.15, 0.2) is 0 Å². The van der Waals surface area contributed by atoms with Crippen LogP contribution in [0.15, 0.2) is 0 Å². The van der Waals surface area contributed by atoms with Gasteiger partial charge in [0, 0.05) is 24.6 Å². The van der Waals surface area contributed by atoms with Crippen molar-refractivity contribution in [2.75, 3.05) is 32.8 Å². The van der Waals surface area contributed by atoms with Gasteiger partial charge in [0.2, 0.25) is 0 Å².